The maximum Gasteiger partial charge on any atom is 0.158 e. The number of aromatic nitrogens is 5. The van der Waals surface area contributed by atoms with Gasteiger partial charge in [0.1, 0.15) is 18.4 Å². The predicted octanol–water partition coefficient (Wildman–Crippen LogP) is 3.33. The molecule has 0 atom stereocenters. The number of aryl methyl sites for hydroxylation is 1. The van der Waals surface area contributed by atoms with Gasteiger partial charge < -0.3 is 14.7 Å². The Hall–Kier alpha value is -3.26. The Labute approximate surface area is 192 Å². The van der Waals surface area contributed by atoms with Gasteiger partial charge in [-0.2, -0.15) is 5.10 Å². The molecule has 2 aliphatic heterocycles. The number of aromatic amines is 1. The lowest BCUT2D eigenvalue weighted by atomic mass is 9.73. The van der Waals surface area contributed by atoms with Crippen LogP contribution in [0.15, 0.2) is 24.7 Å². The van der Waals surface area contributed by atoms with E-state index in [1.165, 1.54) is 11.1 Å². The van der Waals surface area contributed by atoms with Gasteiger partial charge in [0.05, 0.1) is 23.3 Å². The highest BCUT2D eigenvalue weighted by Gasteiger charge is 2.51. The number of hydrogen-bond acceptors (Lipinski definition) is 6. The molecular weight excluding hydrogens is 414 g/mol. The van der Waals surface area contributed by atoms with Gasteiger partial charge in [0, 0.05) is 48.9 Å². The summed E-state index contributed by atoms with van der Waals surface area (Å²) in [5.74, 6) is 1.35. The molecule has 170 valence electrons. The maximum atomic E-state index is 10.7. The highest BCUT2D eigenvalue weighted by atomic mass is 16.1. The molecule has 1 spiro atoms. The second-order valence-electron chi connectivity index (χ2n) is 10.1. The molecule has 0 radical (unpaired) electrons. The monoisotopic (exact) mass is 443 g/mol. The van der Waals surface area contributed by atoms with Gasteiger partial charge in [0.25, 0.3) is 0 Å². The Bertz CT molecular complexity index is 1390. The van der Waals surface area contributed by atoms with Crippen molar-refractivity contribution in [3.63, 3.8) is 0 Å². The fourth-order valence-electron chi connectivity index (χ4n) is 5.74. The summed E-state index contributed by atoms with van der Waals surface area (Å²) in [5, 5.41) is 4.38. The molecule has 1 N–H and O–H groups in total. The van der Waals surface area contributed by atoms with Crippen molar-refractivity contribution in [2.45, 2.75) is 33.6 Å². The van der Waals surface area contributed by atoms with Crippen LogP contribution in [0.5, 0.6) is 0 Å². The number of carbonyl (C=O) groups is 1. The van der Waals surface area contributed by atoms with Crippen molar-refractivity contribution in [2.24, 2.45) is 5.41 Å². The number of pyridine rings is 2. The third-order valence-electron chi connectivity index (χ3n) is 7.47. The molecule has 8 nitrogen and oxygen atoms in total. The van der Waals surface area contributed by atoms with E-state index in [1.54, 1.807) is 6.33 Å². The maximum absolute atomic E-state index is 10.7. The van der Waals surface area contributed by atoms with E-state index < -0.39 is 0 Å². The number of fused-ring (bicyclic) bond motifs is 2. The fourth-order valence-corrected chi connectivity index (χ4v) is 5.74. The Balaban J connectivity index is 1.38. The number of hydrogen-bond donors (Lipinski definition) is 1. The fraction of sp³-hybridized carbons (Fsp3) is 0.440. The highest BCUT2D eigenvalue weighted by Crippen LogP contribution is 2.42. The van der Waals surface area contributed by atoms with E-state index >= 15 is 0 Å². The molecule has 0 aliphatic carbocycles. The third kappa shape index (κ3) is 3.00. The van der Waals surface area contributed by atoms with Gasteiger partial charge in [-0.1, -0.05) is 13.8 Å². The van der Waals surface area contributed by atoms with Crippen molar-refractivity contribution < 1.29 is 4.79 Å². The van der Waals surface area contributed by atoms with Crippen LogP contribution in [-0.2, 0) is 4.79 Å². The number of likely N-dealkylation sites (tertiary alicyclic amines) is 1. The Morgan fingerprint density at radius 1 is 1.15 bits per heavy atom. The summed E-state index contributed by atoms with van der Waals surface area (Å²) in [7, 11) is 0. The van der Waals surface area contributed by atoms with Crippen LogP contribution in [-0.4, -0.2) is 68.5 Å². The van der Waals surface area contributed by atoms with Crippen molar-refractivity contribution >= 4 is 28.8 Å². The van der Waals surface area contributed by atoms with Gasteiger partial charge in [-0.15, -0.1) is 0 Å². The van der Waals surface area contributed by atoms with E-state index in [1.807, 2.05) is 4.52 Å². The van der Waals surface area contributed by atoms with Crippen LogP contribution in [0.2, 0.25) is 0 Å². The first-order valence-electron chi connectivity index (χ1n) is 11.6. The van der Waals surface area contributed by atoms with Gasteiger partial charge >= 0.3 is 0 Å². The molecule has 0 unspecified atom stereocenters. The van der Waals surface area contributed by atoms with Crippen LogP contribution in [0.3, 0.4) is 0 Å². The van der Waals surface area contributed by atoms with Crippen LogP contribution < -0.4 is 4.90 Å². The summed E-state index contributed by atoms with van der Waals surface area (Å²) in [6.07, 6.45) is 4.68. The second kappa shape index (κ2) is 7.12. The molecule has 0 bridgehead atoms. The number of aldehydes is 1. The zero-order valence-electron chi connectivity index (χ0n) is 19.6. The van der Waals surface area contributed by atoms with Crippen LogP contribution in [0.25, 0.3) is 27.9 Å². The van der Waals surface area contributed by atoms with Crippen molar-refractivity contribution in [1.82, 2.24) is 29.5 Å². The molecular formula is C25H29N7O. The molecule has 2 fully saturated rings. The molecule has 33 heavy (non-hydrogen) atoms. The van der Waals surface area contributed by atoms with Crippen LogP contribution in [0.1, 0.15) is 36.5 Å². The van der Waals surface area contributed by atoms with E-state index in [9.17, 15) is 4.79 Å². The lowest BCUT2D eigenvalue weighted by Gasteiger charge is -2.60. The number of anilines is 1. The number of nitrogens with zero attached hydrogens (tertiary/aromatic N) is 6. The Kier molecular flexibility index (Phi) is 4.39. The van der Waals surface area contributed by atoms with E-state index in [-0.39, 0.29) is 0 Å². The number of rotatable bonds is 5. The quantitative estimate of drug-likeness (QED) is 0.477. The molecule has 0 saturated carbocycles. The first-order chi connectivity index (χ1) is 15.9. The molecule has 4 aromatic heterocycles. The Morgan fingerprint density at radius 2 is 1.94 bits per heavy atom. The van der Waals surface area contributed by atoms with Crippen LogP contribution >= 0.6 is 0 Å². The first-order valence-corrected chi connectivity index (χ1v) is 11.6. The smallest absolute Gasteiger partial charge is 0.158 e. The summed E-state index contributed by atoms with van der Waals surface area (Å²) in [6, 6.07) is 4.29. The van der Waals surface area contributed by atoms with Crippen molar-refractivity contribution in [2.75, 3.05) is 37.6 Å². The van der Waals surface area contributed by atoms with Gasteiger partial charge in [-0.25, -0.2) is 14.5 Å². The summed E-state index contributed by atoms with van der Waals surface area (Å²) in [5.41, 5.74) is 9.19. The summed E-state index contributed by atoms with van der Waals surface area (Å²) < 4.78 is 1.86. The SMILES string of the molecule is Cc1c(-c2[nH]c3ccc(N4CC5(CN(CC=O)C5)C4)nc3c2C(C)C)cn2ncnc2c1C. The van der Waals surface area contributed by atoms with Crippen molar-refractivity contribution in [3.05, 3.63) is 41.3 Å². The third-order valence-corrected chi connectivity index (χ3v) is 7.47. The molecule has 6 heterocycles. The number of nitrogens with one attached hydrogen (secondary N) is 1. The minimum absolute atomic E-state index is 0.314. The second-order valence-corrected chi connectivity index (χ2v) is 10.1. The standard InChI is InChI=1S/C25H29N7O/c1-15(2)21-22(18-9-32-24(26-14-27-32)17(4)16(18)3)28-19-5-6-20(29-23(19)21)31-12-25(13-31)10-30(11-25)7-8-33/h5-6,8-9,14-15,28H,7,10-13H2,1-4H3. The minimum Gasteiger partial charge on any atom is -0.355 e. The number of H-pyrrole nitrogens is 1. The van der Waals surface area contributed by atoms with Gasteiger partial charge in [-0.05, 0) is 43.0 Å². The predicted molar refractivity (Wildman–Crippen MR) is 129 cm³/mol. The van der Waals surface area contributed by atoms with Crippen LogP contribution in [0.4, 0.5) is 5.82 Å². The van der Waals surface area contributed by atoms with Gasteiger partial charge in [0.15, 0.2) is 5.65 Å². The van der Waals surface area contributed by atoms with Crippen molar-refractivity contribution in [3.8, 4) is 11.3 Å². The normalized spacial score (nSPS) is 17.8. The zero-order chi connectivity index (χ0) is 22.9. The van der Waals surface area contributed by atoms with E-state index in [4.69, 9.17) is 4.98 Å². The molecule has 0 amide bonds. The lowest BCUT2D eigenvalue weighted by molar-refractivity contribution is -0.112. The lowest BCUT2D eigenvalue weighted by Crippen LogP contribution is -2.72. The largest absolute Gasteiger partial charge is 0.355 e. The summed E-state index contributed by atoms with van der Waals surface area (Å²) in [6.45, 7) is 13.3. The topological polar surface area (TPSA) is 82.4 Å². The van der Waals surface area contributed by atoms with Crippen LogP contribution in [0, 0.1) is 19.3 Å². The Morgan fingerprint density at radius 3 is 2.67 bits per heavy atom. The molecule has 6 rings (SSSR count). The molecule has 4 aromatic rings. The minimum atomic E-state index is 0.314. The number of carbonyl (C=O) groups excluding carboxylic acids is 1. The molecule has 0 aromatic carbocycles. The first kappa shape index (κ1) is 20.4. The molecule has 2 aliphatic rings. The highest BCUT2D eigenvalue weighted by molar-refractivity contribution is 5.90. The summed E-state index contributed by atoms with van der Waals surface area (Å²) in [4.78, 5) is 28.5. The van der Waals surface area contributed by atoms with E-state index in [2.05, 4.69) is 70.9 Å². The zero-order valence-corrected chi connectivity index (χ0v) is 19.6. The molecule has 2 saturated heterocycles. The molecule has 8 heteroatoms. The summed E-state index contributed by atoms with van der Waals surface area (Å²) >= 11 is 0. The average molecular weight is 444 g/mol. The van der Waals surface area contributed by atoms with Gasteiger partial charge in [0.2, 0.25) is 0 Å². The van der Waals surface area contributed by atoms with E-state index in [0.717, 1.165) is 71.8 Å². The van der Waals surface area contributed by atoms with Crippen molar-refractivity contribution in [1.29, 1.82) is 0 Å². The average Bonchev–Trinajstić information content (AvgIpc) is 3.35. The van der Waals surface area contributed by atoms with Gasteiger partial charge in [-0.3, -0.25) is 4.90 Å². The van der Waals surface area contributed by atoms with E-state index in [0.29, 0.717) is 17.9 Å².